The largest absolute Gasteiger partial charge is 0.277 e. The lowest BCUT2D eigenvalue weighted by Gasteiger charge is -2.24. The average molecular weight is 673 g/mol. The van der Waals surface area contributed by atoms with Gasteiger partial charge in [-0.05, 0) is 77.0 Å². The third kappa shape index (κ3) is 5.14. The van der Waals surface area contributed by atoms with Gasteiger partial charge in [0.15, 0.2) is 5.17 Å². The number of anilines is 1. The molecule has 0 bridgehead atoms. The Bertz CT molecular complexity index is 1360. The molecule has 6 nitrogen and oxygen atoms in total. The van der Waals surface area contributed by atoms with E-state index < -0.39 is 5.25 Å². The fourth-order valence-electron chi connectivity index (χ4n) is 4.31. The maximum absolute atomic E-state index is 13.2. The summed E-state index contributed by atoms with van der Waals surface area (Å²) in [5.41, 5.74) is 4.67. The number of carbonyl (C=O) groups is 2. The van der Waals surface area contributed by atoms with Crippen molar-refractivity contribution in [2.45, 2.75) is 31.1 Å². The molecule has 36 heavy (non-hydrogen) atoms. The molecule has 5 rings (SSSR count). The molecule has 0 aliphatic carbocycles. The maximum Gasteiger partial charge on any atom is 0.247 e. The first kappa shape index (κ1) is 25.2. The molecule has 2 unspecified atom stereocenters. The highest BCUT2D eigenvalue weighted by molar-refractivity contribution is 14.1. The molecule has 2 amide bonds. The van der Waals surface area contributed by atoms with E-state index in [9.17, 15) is 9.59 Å². The molecule has 2 heterocycles. The number of benzene rings is 3. The maximum atomic E-state index is 13.2. The van der Waals surface area contributed by atoms with Crippen molar-refractivity contribution in [1.29, 1.82) is 5.41 Å². The highest BCUT2D eigenvalue weighted by Gasteiger charge is 2.42. The molecule has 2 atom stereocenters. The number of halogens is 2. The van der Waals surface area contributed by atoms with Crippen molar-refractivity contribution in [3.05, 3.63) is 97.5 Å². The van der Waals surface area contributed by atoms with Crippen molar-refractivity contribution in [3.8, 4) is 0 Å². The summed E-state index contributed by atoms with van der Waals surface area (Å²) in [6.45, 7) is 2.04. The molecule has 9 heteroatoms. The average Bonchev–Trinajstić information content (AvgIpc) is 3.42. The monoisotopic (exact) mass is 672 g/mol. The SMILES string of the molecule is Cc1ccc(C2=NN(C(=N)SC3CC(=O)N(c4ccc(I)cc4)C3=O)C(c3ccc(Br)cc3)C2)cc1. The normalized spacial score (nSPS) is 19.7. The number of hydrogen-bond acceptors (Lipinski definition) is 5. The molecule has 0 radical (unpaired) electrons. The first-order valence-electron chi connectivity index (χ1n) is 11.4. The molecule has 0 aromatic heterocycles. The Kier molecular flexibility index (Phi) is 7.32. The van der Waals surface area contributed by atoms with Crippen LogP contribution >= 0.6 is 50.3 Å². The second kappa shape index (κ2) is 10.5. The summed E-state index contributed by atoms with van der Waals surface area (Å²) in [6.07, 6.45) is 0.698. The van der Waals surface area contributed by atoms with Crippen LogP contribution in [0.5, 0.6) is 0 Å². The predicted octanol–water partition coefficient (Wildman–Crippen LogP) is 6.51. The first-order valence-corrected chi connectivity index (χ1v) is 14.1. The Balaban J connectivity index is 1.39. The molecule has 3 aromatic rings. The van der Waals surface area contributed by atoms with Gasteiger partial charge in [0.05, 0.1) is 17.4 Å². The van der Waals surface area contributed by atoms with Gasteiger partial charge in [-0.2, -0.15) is 5.10 Å². The van der Waals surface area contributed by atoms with Gasteiger partial charge in [0, 0.05) is 20.9 Å². The van der Waals surface area contributed by atoms with E-state index in [1.54, 1.807) is 17.1 Å². The van der Waals surface area contributed by atoms with Gasteiger partial charge in [0.25, 0.3) is 0 Å². The molecule has 1 fully saturated rings. The first-order chi connectivity index (χ1) is 17.3. The number of amidine groups is 1. The van der Waals surface area contributed by atoms with E-state index in [-0.39, 0.29) is 29.4 Å². The Labute approximate surface area is 235 Å². The summed E-state index contributed by atoms with van der Waals surface area (Å²) in [6, 6.07) is 23.3. The highest BCUT2D eigenvalue weighted by Crippen LogP contribution is 2.38. The van der Waals surface area contributed by atoms with E-state index in [1.165, 1.54) is 10.5 Å². The van der Waals surface area contributed by atoms with E-state index in [4.69, 9.17) is 10.5 Å². The van der Waals surface area contributed by atoms with Crippen LogP contribution in [0.4, 0.5) is 5.69 Å². The Morgan fingerprint density at radius 1 is 1.00 bits per heavy atom. The van der Waals surface area contributed by atoms with Crippen LogP contribution in [0.1, 0.15) is 35.6 Å². The molecule has 3 aromatic carbocycles. The summed E-state index contributed by atoms with van der Waals surface area (Å²) in [5.74, 6) is -0.542. The number of nitrogens with one attached hydrogen (secondary N) is 1. The minimum Gasteiger partial charge on any atom is -0.277 e. The van der Waals surface area contributed by atoms with Gasteiger partial charge in [-0.3, -0.25) is 15.0 Å². The quantitative estimate of drug-likeness (QED) is 0.148. The van der Waals surface area contributed by atoms with Gasteiger partial charge in [0.2, 0.25) is 11.8 Å². The van der Waals surface area contributed by atoms with Crippen LogP contribution in [-0.2, 0) is 9.59 Å². The van der Waals surface area contributed by atoms with Gasteiger partial charge in [-0.1, -0.05) is 69.7 Å². The molecule has 1 N–H and O–H groups in total. The zero-order valence-corrected chi connectivity index (χ0v) is 23.9. The summed E-state index contributed by atoms with van der Waals surface area (Å²) in [5, 5.41) is 14.9. The number of rotatable bonds is 4. The summed E-state index contributed by atoms with van der Waals surface area (Å²) in [4.78, 5) is 27.2. The lowest BCUT2D eigenvalue weighted by atomic mass is 9.98. The lowest BCUT2D eigenvalue weighted by molar-refractivity contribution is -0.121. The van der Waals surface area contributed by atoms with Crippen molar-refractivity contribution in [2.75, 3.05) is 4.90 Å². The van der Waals surface area contributed by atoms with Gasteiger partial charge in [0.1, 0.15) is 5.25 Å². The summed E-state index contributed by atoms with van der Waals surface area (Å²) >= 11 is 6.77. The van der Waals surface area contributed by atoms with Crippen LogP contribution in [0.25, 0.3) is 0 Å². The van der Waals surface area contributed by atoms with Crippen molar-refractivity contribution in [1.82, 2.24) is 5.01 Å². The topological polar surface area (TPSA) is 76.8 Å². The van der Waals surface area contributed by atoms with Crippen LogP contribution in [0.15, 0.2) is 82.4 Å². The van der Waals surface area contributed by atoms with E-state index in [0.29, 0.717) is 12.1 Å². The number of hydrogen-bond donors (Lipinski definition) is 1. The number of amides is 2. The van der Waals surface area contributed by atoms with Crippen molar-refractivity contribution in [2.24, 2.45) is 5.10 Å². The molecular formula is C27H22BrIN4O2S. The molecule has 0 saturated carbocycles. The second-order valence-corrected chi connectivity index (χ2v) is 12.0. The van der Waals surface area contributed by atoms with Crippen LogP contribution in [0.3, 0.4) is 0 Å². The summed E-state index contributed by atoms with van der Waals surface area (Å²) < 4.78 is 2.00. The van der Waals surface area contributed by atoms with E-state index >= 15 is 0 Å². The smallest absolute Gasteiger partial charge is 0.247 e. The van der Waals surface area contributed by atoms with Crippen molar-refractivity contribution < 1.29 is 9.59 Å². The molecular weight excluding hydrogens is 651 g/mol. The molecule has 182 valence electrons. The van der Waals surface area contributed by atoms with Crippen molar-refractivity contribution in [3.63, 3.8) is 0 Å². The molecule has 0 spiro atoms. The zero-order chi connectivity index (χ0) is 25.4. The second-order valence-electron chi connectivity index (χ2n) is 8.69. The van der Waals surface area contributed by atoms with Gasteiger partial charge >= 0.3 is 0 Å². The standard InChI is InChI=1S/C27H22BrIN4O2S/c1-16-2-4-17(5-3-16)22-14-23(18-6-8-19(28)9-7-18)33(31-22)27(30)36-24-15-25(34)32(26(24)35)21-12-10-20(29)11-13-21/h2-13,23-24,30H,14-15H2,1H3. The molecule has 1 saturated heterocycles. The third-order valence-electron chi connectivity index (χ3n) is 6.20. The molecule has 2 aliphatic rings. The number of hydrazone groups is 1. The van der Waals surface area contributed by atoms with E-state index in [1.807, 2.05) is 55.5 Å². The van der Waals surface area contributed by atoms with E-state index in [0.717, 1.165) is 36.6 Å². The highest BCUT2D eigenvalue weighted by atomic mass is 127. The lowest BCUT2D eigenvalue weighted by Crippen LogP contribution is -2.32. The van der Waals surface area contributed by atoms with Gasteiger partial charge in [-0.25, -0.2) is 9.91 Å². The Morgan fingerprint density at radius 3 is 2.33 bits per heavy atom. The van der Waals surface area contributed by atoms with Gasteiger partial charge in [-0.15, -0.1) is 0 Å². The third-order valence-corrected chi connectivity index (χ3v) is 8.51. The number of aryl methyl sites for hydroxylation is 1. The Morgan fingerprint density at radius 2 is 1.67 bits per heavy atom. The molecule has 2 aliphatic heterocycles. The minimum absolute atomic E-state index is 0.0587. The number of imide groups is 1. The van der Waals surface area contributed by atoms with Gasteiger partial charge < -0.3 is 0 Å². The zero-order valence-electron chi connectivity index (χ0n) is 19.3. The van der Waals surface area contributed by atoms with E-state index in [2.05, 4.69) is 50.7 Å². The van der Waals surface area contributed by atoms with Crippen molar-refractivity contribution >= 4 is 78.7 Å². The fourth-order valence-corrected chi connectivity index (χ4v) is 5.91. The fraction of sp³-hybridized carbons (Fsp3) is 0.185. The number of nitrogens with zero attached hydrogens (tertiary/aromatic N) is 3. The van der Waals surface area contributed by atoms with Crippen LogP contribution in [0.2, 0.25) is 0 Å². The van der Waals surface area contributed by atoms with Crippen LogP contribution < -0.4 is 4.90 Å². The van der Waals surface area contributed by atoms with Crippen LogP contribution in [0, 0.1) is 15.9 Å². The predicted molar refractivity (Wildman–Crippen MR) is 156 cm³/mol. The van der Waals surface area contributed by atoms with Crippen LogP contribution in [-0.4, -0.2) is 33.0 Å². The Hall–Kier alpha value is -2.50. The number of thioether (sulfide) groups is 1. The summed E-state index contributed by atoms with van der Waals surface area (Å²) in [7, 11) is 0. The minimum atomic E-state index is -0.659. The number of carbonyl (C=O) groups excluding carboxylic acids is 2.